The fraction of sp³-hybridized carbons (Fsp3) is 0.350. The van der Waals surface area contributed by atoms with Crippen molar-refractivity contribution < 1.29 is 17.9 Å². The van der Waals surface area contributed by atoms with Gasteiger partial charge in [0.2, 0.25) is 15.9 Å². The number of hydrogen-bond donors (Lipinski definition) is 1. The second-order valence-corrected chi connectivity index (χ2v) is 8.95. The minimum Gasteiger partial charge on any atom is -0.494 e. The van der Waals surface area contributed by atoms with Gasteiger partial charge >= 0.3 is 0 Å². The number of sulfonamides is 1. The number of benzene rings is 2. The van der Waals surface area contributed by atoms with E-state index in [1.807, 2.05) is 13.0 Å². The van der Waals surface area contributed by atoms with Crippen LogP contribution in [0.2, 0.25) is 0 Å². The van der Waals surface area contributed by atoms with Crippen LogP contribution in [0.3, 0.4) is 0 Å². The monoisotopic (exact) mass is 388 g/mol. The highest BCUT2D eigenvalue weighted by Gasteiger charge is 2.51. The number of carbonyl (C=O) groups excluding carboxylic acids is 1. The van der Waals surface area contributed by atoms with Crippen molar-refractivity contribution in [1.29, 1.82) is 0 Å². The normalized spacial score (nSPS) is 21.5. The molecule has 2 aromatic carbocycles. The molecule has 0 radical (unpaired) electrons. The standard InChI is InChI=1S/C20H24N2O4S/c1-3-26-18-12-10-16(11-13-18)21-19(23)20(2)14-7-15-22(27(20,24)25)17-8-5-4-6-9-17/h4-6,8-13H,3,7,14-15H2,1-2H3,(H,21,23). The van der Waals surface area contributed by atoms with Crippen molar-refractivity contribution in [3.63, 3.8) is 0 Å². The van der Waals surface area contributed by atoms with Crippen LogP contribution in [0.1, 0.15) is 26.7 Å². The van der Waals surface area contributed by atoms with Crippen molar-refractivity contribution in [2.24, 2.45) is 0 Å². The van der Waals surface area contributed by atoms with Crippen molar-refractivity contribution in [2.75, 3.05) is 22.8 Å². The average molecular weight is 388 g/mol. The third-order valence-corrected chi connectivity index (χ3v) is 7.32. The van der Waals surface area contributed by atoms with Gasteiger partial charge in [-0.2, -0.15) is 0 Å². The Morgan fingerprint density at radius 2 is 1.81 bits per heavy atom. The maximum absolute atomic E-state index is 13.3. The van der Waals surface area contributed by atoms with Gasteiger partial charge in [0.15, 0.2) is 4.75 Å². The maximum atomic E-state index is 13.3. The van der Waals surface area contributed by atoms with E-state index in [-0.39, 0.29) is 6.42 Å². The van der Waals surface area contributed by atoms with Gasteiger partial charge in [0.05, 0.1) is 12.3 Å². The van der Waals surface area contributed by atoms with Crippen molar-refractivity contribution in [3.8, 4) is 5.75 Å². The van der Waals surface area contributed by atoms with E-state index < -0.39 is 20.7 Å². The number of hydrogen-bond acceptors (Lipinski definition) is 4. The Labute approximate surface area is 160 Å². The van der Waals surface area contributed by atoms with Crippen molar-refractivity contribution in [3.05, 3.63) is 54.6 Å². The van der Waals surface area contributed by atoms with Gasteiger partial charge in [-0.1, -0.05) is 18.2 Å². The zero-order valence-corrected chi connectivity index (χ0v) is 16.3. The van der Waals surface area contributed by atoms with E-state index in [0.29, 0.717) is 36.7 Å². The van der Waals surface area contributed by atoms with Crippen LogP contribution in [0.5, 0.6) is 5.75 Å². The van der Waals surface area contributed by atoms with E-state index in [1.165, 1.54) is 11.2 Å². The summed E-state index contributed by atoms with van der Waals surface area (Å²) in [5.74, 6) is 0.176. The van der Waals surface area contributed by atoms with Crippen molar-refractivity contribution >= 4 is 27.3 Å². The highest BCUT2D eigenvalue weighted by molar-refractivity contribution is 7.95. The lowest BCUT2D eigenvalue weighted by atomic mass is 10.0. The molecule has 1 aliphatic rings. The molecule has 1 amide bonds. The van der Waals surface area contributed by atoms with Gasteiger partial charge in [0, 0.05) is 12.2 Å². The molecule has 0 saturated carbocycles. The zero-order chi connectivity index (χ0) is 19.5. The fourth-order valence-electron chi connectivity index (χ4n) is 3.21. The van der Waals surface area contributed by atoms with E-state index in [1.54, 1.807) is 48.5 Å². The molecule has 1 heterocycles. The molecule has 0 aliphatic carbocycles. The highest BCUT2D eigenvalue weighted by Crippen LogP contribution is 2.36. The Morgan fingerprint density at radius 3 is 2.44 bits per heavy atom. The number of carbonyl (C=O) groups is 1. The predicted octanol–water partition coefficient (Wildman–Crippen LogP) is 3.41. The first kappa shape index (κ1) is 19.2. The first-order valence-electron chi connectivity index (χ1n) is 9.00. The first-order chi connectivity index (χ1) is 12.9. The Balaban J connectivity index is 1.84. The Bertz CT molecular complexity index is 897. The van der Waals surface area contributed by atoms with Crippen LogP contribution < -0.4 is 14.4 Å². The van der Waals surface area contributed by atoms with Crippen LogP contribution in [-0.2, 0) is 14.8 Å². The summed E-state index contributed by atoms with van der Waals surface area (Å²) in [4.78, 5) is 12.9. The molecule has 144 valence electrons. The van der Waals surface area contributed by atoms with Gasteiger partial charge in [-0.25, -0.2) is 8.42 Å². The number of nitrogens with zero attached hydrogens (tertiary/aromatic N) is 1. The van der Waals surface area contributed by atoms with E-state index in [0.717, 1.165) is 0 Å². The zero-order valence-electron chi connectivity index (χ0n) is 15.5. The lowest BCUT2D eigenvalue weighted by molar-refractivity contribution is -0.118. The van der Waals surface area contributed by atoms with Crippen LogP contribution in [-0.4, -0.2) is 32.2 Å². The lowest BCUT2D eigenvalue weighted by Gasteiger charge is -2.39. The van der Waals surface area contributed by atoms with Crippen LogP contribution >= 0.6 is 0 Å². The topological polar surface area (TPSA) is 75.7 Å². The lowest BCUT2D eigenvalue weighted by Crippen LogP contribution is -2.57. The molecule has 0 aromatic heterocycles. The minimum atomic E-state index is -3.86. The van der Waals surface area contributed by atoms with Crippen LogP contribution in [0.4, 0.5) is 11.4 Å². The Hall–Kier alpha value is -2.54. The molecule has 6 nitrogen and oxygen atoms in total. The molecule has 0 bridgehead atoms. The van der Waals surface area contributed by atoms with E-state index >= 15 is 0 Å². The van der Waals surface area contributed by atoms with Crippen LogP contribution in [0.15, 0.2) is 54.6 Å². The van der Waals surface area contributed by atoms with Crippen molar-refractivity contribution in [1.82, 2.24) is 0 Å². The van der Waals surface area contributed by atoms with Crippen LogP contribution in [0.25, 0.3) is 0 Å². The predicted molar refractivity (Wildman–Crippen MR) is 107 cm³/mol. The second-order valence-electron chi connectivity index (χ2n) is 6.66. The molecule has 1 N–H and O–H groups in total. The van der Waals surface area contributed by atoms with Gasteiger partial charge in [0.25, 0.3) is 0 Å². The van der Waals surface area contributed by atoms with E-state index in [9.17, 15) is 13.2 Å². The molecule has 0 spiro atoms. The van der Waals surface area contributed by atoms with Gasteiger partial charge in [0.1, 0.15) is 5.75 Å². The summed E-state index contributed by atoms with van der Waals surface area (Å²) in [6.45, 7) is 4.32. The smallest absolute Gasteiger partial charge is 0.249 e. The molecule has 27 heavy (non-hydrogen) atoms. The summed E-state index contributed by atoms with van der Waals surface area (Å²) in [5, 5.41) is 2.75. The Kier molecular flexibility index (Phi) is 5.41. The molecule has 3 rings (SSSR count). The molecular formula is C20H24N2O4S. The highest BCUT2D eigenvalue weighted by atomic mass is 32.2. The quantitative estimate of drug-likeness (QED) is 0.852. The van der Waals surface area contributed by atoms with E-state index in [4.69, 9.17) is 4.74 Å². The largest absolute Gasteiger partial charge is 0.494 e. The van der Waals surface area contributed by atoms with Gasteiger partial charge in [-0.15, -0.1) is 0 Å². The summed E-state index contributed by atoms with van der Waals surface area (Å²) < 4.78 is 31.7. The fourth-order valence-corrected chi connectivity index (χ4v) is 5.15. The van der Waals surface area contributed by atoms with Gasteiger partial charge in [-0.05, 0) is 63.1 Å². The number of nitrogens with one attached hydrogen (secondary N) is 1. The number of ether oxygens (including phenoxy) is 1. The third kappa shape index (κ3) is 3.64. The van der Waals surface area contributed by atoms with Crippen molar-refractivity contribution in [2.45, 2.75) is 31.4 Å². The van der Waals surface area contributed by atoms with Gasteiger partial charge < -0.3 is 10.1 Å². The van der Waals surface area contributed by atoms with E-state index in [2.05, 4.69) is 5.32 Å². The van der Waals surface area contributed by atoms with Crippen LogP contribution in [0, 0.1) is 0 Å². The number of rotatable bonds is 5. The second kappa shape index (κ2) is 7.60. The number of para-hydroxylation sites is 1. The number of anilines is 2. The summed E-state index contributed by atoms with van der Waals surface area (Å²) in [6.07, 6.45) is 0.892. The average Bonchev–Trinajstić information content (AvgIpc) is 2.66. The molecule has 1 unspecified atom stereocenters. The SMILES string of the molecule is CCOc1ccc(NC(=O)C2(C)CCCN(c3ccccc3)S2(=O)=O)cc1. The summed E-state index contributed by atoms with van der Waals surface area (Å²) >= 11 is 0. The summed E-state index contributed by atoms with van der Waals surface area (Å²) in [7, 11) is -3.86. The summed E-state index contributed by atoms with van der Waals surface area (Å²) in [5.41, 5.74) is 1.12. The molecule has 1 atom stereocenters. The van der Waals surface area contributed by atoms with Gasteiger partial charge in [-0.3, -0.25) is 9.10 Å². The minimum absolute atomic E-state index is 0.279. The Morgan fingerprint density at radius 1 is 1.15 bits per heavy atom. The first-order valence-corrected chi connectivity index (χ1v) is 10.4. The third-order valence-electron chi connectivity index (χ3n) is 4.82. The molecule has 1 saturated heterocycles. The molecule has 2 aromatic rings. The molecule has 7 heteroatoms. The molecular weight excluding hydrogens is 364 g/mol. The maximum Gasteiger partial charge on any atom is 0.249 e. The molecule has 1 fully saturated rings. The number of amides is 1. The summed E-state index contributed by atoms with van der Waals surface area (Å²) in [6, 6.07) is 15.8. The molecule has 1 aliphatic heterocycles.